The minimum atomic E-state index is -0.220. The highest BCUT2D eigenvalue weighted by Crippen LogP contribution is 2.29. The Labute approximate surface area is 162 Å². The largest absolute Gasteiger partial charge is 0.489 e. The second-order valence-corrected chi connectivity index (χ2v) is 6.34. The third-order valence-corrected chi connectivity index (χ3v) is 4.36. The summed E-state index contributed by atoms with van der Waals surface area (Å²) in [5.74, 6) is 1.02. The molecule has 0 saturated carbocycles. The number of carbonyl (C=O) groups is 1. The van der Waals surface area contributed by atoms with E-state index in [1.165, 1.54) is 0 Å². The van der Waals surface area contributed by atoms with Crippen molar-refractivity contribution < 1.29 is 13.9 Å². The Hall–Kier alpha value is -3.67. The van der Waals surface area contributed by atoms with Gasteiger partial charge in [-0.3, -0.25) is 14.8 Å². The molecular formula is C22H19N3O3. The van der Waals surface area contributed by atoms with Crippen molar-refractivity contribution in [1.82, 2.24) is 15.3 Å². The number of nitrogens with zero attached hydrogens (tertiary/aromatic N) is 2. The Bertz CT molecular complexity index is 1090. The summed E-state index contributed by atoms with van der Waals surface area (Å²) >= 11 is 0. The number of benzene rings is 2. The van der Waals surface area contributed by atoms with Crippen LogP contribution in [0.25, 0.3) is 11.0 Å². The molecule has 28 heavy (non-hydrogen) atoms. The standard InChI is InChI=1S/C22H19N3O3/c1-15-21(22(26)25-13-17-12-23-9-10-24-17)19-11-18(7-8-20(19)28-15)27-14-16-5-3-2-4-6-16/h2-12H,13-14H2,1H3,(H,25,26). The lowest BCUT2D eigenvalue weighted by Crippen LogP contribution is -2.23. The second kappa shape index (κ2) is 7.92. The average Bonchev–Trinajstić information content (AvgIpc) is 3.07. The number of hydrogen-bond acceptors (Lipinski definition) is 5. The molecule has 2 heterocycles. The maximum atomic E-state index is 12.7. The van der Waals surface area contributed by atoms with Gasteiger partial charge in [-0.2, -0.15) is 0 Å². The summed E-state index contributed by atoms with van der Waals surface area (Å²) in [7, 11) is 0. The Morgan fingerprint density at radius 3 is 2.79 bits per heavy atom. The van der Waals surface area contributed by atoms with Crippen LogP contribution in [-0.2, 0) is 13.2 Å². The van der Waals surface area contributed by atoms with E-state index in [4.69, 9.17) is 9.15 Å². The first-order valence-corrected chi connectivity index (χ1v) is 8.93. The number of furan rings is 1. The smallest absolute Gasteiger partial charge is 0.255 e. The van der Waals surface area contributed by atoms with Crippen molar-refractivity contribution in [3.8, 4) is 5.75 Å². The number of rotatable bonds is 6. The Balaban J connectivity index is 1.54. The molecule has 0 unspecified atom stereocenters. The van der Waals surface area contributed by atoms with Crippen molar-refractivity contribution in [3.63, 3.8) is 0 Å². The van der Waals surface area contributed by atoms with Crippen LogP contribution >= 0.6 is 0 Å². The summed E-state index contributed by atoms with van der Waals surface area (Å²) in [6.45, 7) is 2.53. The molecule has 0 spiro atoms. The number of amides is 1. The highest BCUT2D eigenvalue weighted by Gasteiger charge is 2.19. The molecular weight excluding hydrogens is 354 g/mol. The zero-order valence-corrected chi connectivity index (χ0v) is 15.4. The van der Waals surface area contributed by atoms with Crippen molar-refractivity contribution in [2.45, 2.75) is 20.1 Å². The quantitative estimate of drug-likeness (QED) is 0.552. The molecule has 0 aliphatic rings. The van der Waals surface area contributed by atoms with Crippen LogP contribution in [0.5, 0.6) is 5.75 Å². The molecule has 0 aliphatic carbocycles. The third-order valence-electron chi connectivity index (χ3n) is 4.36. The summed E-state index contributed by atoms with van der Waals surface area (Å²) in [5, 5.41) is 3.59. The van der Waals surface area contributed by atoms with E-state index in [2.05, 4.69) is 15.3 Å². The molecule has 140 valence electrons. The lowest BCUT2D eigenvalue weighted by molar-refractivity contribution is 0.0950. The van der Waals surface area contributed by atoms with Crippen LogP contribution in [0.15, 0.2) is 71.5 Å². The number of carbonyl (C=O) groups excluding carboxylic acids is 1. The van der Waals surface area contributed by atoms with E-state index in [9.17, 15) is 4.79 Å². The molecule has 0 bridgehead atoms. The molecule has 0 saturated heterocycles. The minimum absolute atomic E-state index is 0.220. The molecule has 2 aromatic heterocycles. The minimum Gasteiger partial charge on any atom is -0.489 e. The highest BCUT2D eigenvalue weighted by molar-refractivity contribution is 6.07. The topological polar surface area (TPSA) is 77.2 Å². The SMILES string of the molecule is Cc1oc2ccc(OCc3ccccc3)cc2c1C(=O)NCc1cnccn1. The van der Waals surface area contributed by atoms with Gasteiger partial charge in [0, 0.05) is 17.8 Å². The van der Waals surface area contributed by atoms with Gasteiger partial charge in [0.1, 0.15) is 23.7 Å². The van der Waals surface area contributed by atoms with Crippen molar-refractivity contribution in [2.75, 3.05) is 0 Å². The molecule has 4 aromatic rings. The molecule has 0 aliphatic heterocycles. The fourth-order valence-corrected chi connectivity index (χ4v) is 2.99. The summed E-state index contributed by atoms with van der Waals surface area (Å²) < 4.78 is 11.6. The van der Waals surface area contributed by atoms with Crippen LogP contribution in [0, 0.1) is 6.92 Å². The molecule has 0 radical (unpaired) electrons. The Kier molecular flexibility index (Phi) is 5.01. The molecule has 1 N–H and O–H groups in total. The van der Waals surface area contributed by atoms with E-state index in [-0.39, 0.29) is 5.91 Å². The lowest BCUT2D eigenvalue weighted by Gasteiger charge is -2.07. The van der Waals surface area contributed by atoms with Crippen LogP contribution in [-0.4, -0.2) is 15.9 Å². The van der Waals surface area contributed by atoms with Crippen LogP contribution in [0.2, 0.25) is 0 Å². The van der Waals surface area contributed by atoms with Gasteiger partial charge in [0.2, 0.25) is 0 Å². The zero-order chi connectivity index (χ0) is 19.3. The van der Waals surface area contributed by atoms with Gasteiger partial charge in [0.15, 0.2) is 0 Å². The van der Waals surface area contributed by atoms with Crippen molar-refractivity contribution in [3.05, 3.63) is 89.7 Å². The van der Waals surface area contributed by atoms with Crippen LogP contribution < -0.4 is 10.1 Å². The number of nitrogens with one attached hydrogen (secondary N) is 1. The van der Waals surface area contributed by atoms with Gasteiger partial charge in [0.25, 0.3) is 5.91 Å². The summed E-state index contributed by atoms with van der Waals surface area (Å²) in [6, 6.07) is 15.4. The molecule has 0 atom stereocenters. The number of aryl methyl sites for hydroxylation is 1. The average molecular weight is 373 g/mol. The first-order valence-electron chi connectivity index (χ1n) is 8.93. The lowest BCUT2D eigenvalue weighted by atomic mass is 10.1. The van der Waals surface area contributed by atoms with Gasteiger partial charge < -0.3 is 14.5 Å². The fraction of sp³-hybridized carbons (Fsp3) is 0.136. The molecule has 2 aromatic carbocycles. The van der Waals surface area contributed by atoms with Crippen molar-refractivity contribution in [2.24, 2.45) is 0 Å². The van der Waals surface area contributed by atoms with Crippen LogP contribution in [0.3, 0.4) is 0 Å². The van der Waals surface area contributed by atoms with E-state index in [0.29, 0.717) is 41.5 Å². The van der Waals surface area contributed by atoms with Crippen molar-refractivity contribution >= 4 is 16.9 Å². The number of ether oxygens (including phenoxy) is 1. The van der Waals surface area contributed by atoms with E-state index in [1.54, 1.807) is 25.5 Å². The number of aromatic nitrogens is 2. The number of fused-ring (bicyclic) bond motifs is 1. The van der Waals surface area contributed by atoms with Crippen LogP contribution in [0.4, 0.5) is 0 Å². The molecule has 6 heteroatoms. The first-order chi connectivity index (χ1) is 13.7. The van der Waals surface area contributed by atoms with Gasteiger partial charge in [-0.1, -0.05) is 30.3 Å². The van der Waals surface area contributed by atoms with Gasteiger partial charge in [-0.15, -0.1) is 0 Å². The monoisotopic (exact) mass is 373 g/mol. The molecule has 1 amide bonds. The summed E-state index contributed by atoms with van der Waals surface area (Å²) in [5.41, 5.74) is 2.92. The van der Waals surface area contributed by atoms with E-state index in [1.807, 2.05) is 48.5 Å². The molecule has 6 nitrogen and oxygen atoms in total. The Morgan fingerprint density at radius 1 is 1.14 bits per heavy atom. The summed E-state index contributed by atoms with van der Waals surface area (Å²) in [4.78, 5) is 20.9. The fourth-order valence-electron chi connectivity index (χ4n) is 2.99. The second-order valence-electron chi connectivity index (χ2n) is 6.34. The summed E-state index contributed by atoms with van der Waals surface area (Å²) in [6.07, 6.45) is 4.81. The van der Waals surface area contributed by atoms with Gasteiger partial charge in [0.05, 0.1) is 24.0 Å². The highest BCUT2D eigenvalue weighted by atomic mass is 16.5. The van der Waals surface area contributed by atoms with Crippen LogP contribution in [0.1, 0.15) is 27.4 Å². The predicted octanol–water partition coefficient (Wildman–Crippen LogP) is 4.04. The van der Waals surface area contributed by atoms with Gasteiger partial charge >= 0.3 is 0 Å². The molecule has 4 rings (SSSR count). The van der Waals surface area contributed by atoms with Crippen molar-refractivity contribution in [1.29, 1.82) is 0 Å². The third kappa shape index (κ3) is 3.86. The number of hydrogen-bond donors (Lipinski definition) is 1. The molecule has 0 fully saturated rings. The Morgan fingerprint density at radius 2 is 2.00 bits per heavy atom. The zero-order valence-electron chi connectivity index (χ0n) is 15.4. The predicted molar refractivity (Wildman–Crippen MR) is 105 cm³/mol. The van der Waals surface area contributed by atoms with Gasteiger partial charge in [-0.25, -0.2) is 0 Å². The van der Waals surface area contributed by atoms with E-state index in [0.717, 1.165) is 10.9 Å². The van der Waals surface area contributed by atoms with E-state index >= 15 is 0 Å². The maximum absolute atomic E-state index is 12.7. The maximum Gasteiger partial charge on any atom is 0.255 e. The van der Waals surface area contributed by atoms with E-state index < -0.39 is 0 Å². The normalized spacial score (nSPS) is 10.8. The van der Waals surface area contributed by atoms with Gasteiger partial charge in [-0.05, 0) is 30.7 Å². The first kappa shape index (κ1) is 17.7.